The molecule has 0 radical (unpaired) electrons. The molecule has 1 saturated heterocycles. The van der Waals surface area contributed by atoms with Crippen molar-refractivity contribution in [2.24, 2.45) is 0 Å². The molecule has 1 fully saturated rings. The number of nitrogens with zero attached hydrogens (tertiary/aromatic N) is 1. The average molecular weight is 640 g/mol. The minimum Gasteiger partial charge on any atom is -0.309 e. The van der Waals surface area contributed by atoms with E-state index in [-0.39, 0.29) is 42.1 Å². The lowest BCUT2D eigenvalue weighted by molar-refractivity contribution is 0.220. The Bertz CT molecular complexity index is 1380. The van der Waals surface area contributed by atoms with Gasteiger partial charge in [-0.25, -0.2) is 21.6 Å². The van der Waals surface area contributed by atoms with Gasteiger partial charge in [0.25, 0.3) is 0 Å². The van der Waals surface area contributed by atoms with Crippen LogP contribution in [0.25, 0.3) is 0 Å². The van der Waals surface area contributed by atoms with Crippen molar-refractivity contribution in [1.82, 2.24) is 9.03 Å². The molecule has 0 spiro atoms. The quantitative estimate of drug-likeness (QED) is 0.160. The molecular weight excluding hydrogens is 606 g/mol. The zero-order valence-corrected chi connectivity index (χ0v) is 25.7. The normalized spacial score (nSPS) is 19.2. The summed E-state index contributed by atoms with van der Waals surface area (Å²) in [4.78, 5) is 0.0897. The van der Waals surface area contributed by atoms with Crippen molar-refractivity contribution >= 4 is 50.8 Å². The van der Waals surface area contributed by atoms with Gasteiger partial charge in [0, 0.05) is 28.7 Å². The van der Waals surface area contributed by atoms with Crippen molar-refractivity contribution in [1.29, 1.82) is 0 Å². The van der Waals surface area contributed by atoms with Crippen molar-refractivity contribution in [3.05, 3.63) is 70.7 Å². The van der Waals surface area contributed by atoms with Crippen LogP contribution in [0.5, 0.6) is 0 Å². The monoisotopic (exact) mass is 638 g/mol. The lowest BCUT2D eigenvalue weighted by Crippen LogP contribution is -2.39. The highest BCUT2D eigenvalue weighted by molar-refractivity contribution is 7.89. The van der Waals surface area contributed by atoms with E-state index in [0.717, 1.165) is 0 Å². The predicted molar refractivity (Wildman–Crippen MR) is 153 cm³/mol. The number of allylic oxidation sites excluding steroid dienone is 1. The second-order valence-electron chi connectivity index (χ2n) is 8.84. The number of unbranched alkanes of at least 4 members (excludes halogenated alkanes) is 1. The molecule has 0 unspecified atom stereocenters. The smallest absolute Gasteiger partial charge is 0.309 e. The number of nitrogens with one attached hydrogen (secondary N) is 1. The van der Waals surface area contributed by atoms with Crippen LogP contribution in [0.4, 0.5) is 0 Å². The Labute approximate surface area is 241 Å². The maximum atomic E-state index is 13.5. The third kappa shape index (κ3) is 8.86. The zero-order chi connectivity index (χ0) is 28.7. The summed E-state index contributed by atoms with van der Waals surface area (Å²) in [7, 11) is -11.0. The third-order valence-corrected chi connectivity index (χ3v) is 12.1. The summed E-state index contributed by atoms with van der Waals surface area (Å²) in [5.74, 6) is 0. The highest BCUT2D eigenvalue weighted by Crippen LogP contribution is 2.48. The number of rotatable bonds is 14. The minimum absolute atomic E-state index is 0.0334. The first-order valence-corrected chi connectivity index (χ1v) is 17.9. The van der Waals surface area contributed by atoms with Crippen LogP contribution in [0.2, 0.25) is 10.0 Å². The zero-order valence-electron chi connectivity index (χ0n) is 21.7. The first-order chi connectivity index (χ1) is 18.4. The Kier molecular flexibility index (Phi) is 11.6. The SMILES string of the molecule is CCOP(=O)(CCC/C=C\[C@@H]1C[C@@H](NS(=O)(=O)c2ccc(Cl)cc2)CN1S(=O)(=O)c1ccc(Cl)cc1)OCC. The van der Waals surface area contributed by atoms with E-state index in [1.54, 1.807) is 19.9 Å². The Morgan fingerprint density at radius 1 is 0.949 bits per heavy atom. The van der Waals surface area contributed by atoms with Crippen molar-refractivity contribution < 1.29 is 30.4 Å². The summed E-state index contributed by atoms with van der Waals surface area (Å²) in [6, 6.07) is 10.3. The van der Waals surface area contributed by atoms with Gasteiger partial charge in [0.2, 0.25) is 20.0 Å². The average Bonchev–Trinajstić information content (AvgIpc) is 3.27. The fraction of sp³-hybridized carbons (Fsp3) is 0.440. The van der Waals surface area contributed by atoms with E-state index in [2.05, 4.69) is 4.72 Å². The first-order valence-electron chi connectivity index (χ1n) is 12.5. The van der Waals surface area contributed by atoms with E-state index in [1.165, 1.54) is 52.8 Å². The van der Waals surface area contributed by atoms with E-state index in [1.807, 2.05) is 6.08 Å². The van der Waals surface area contributed by atoms with Gasteiger partial charge in [-0.05, 0) is 81.6 Å². The number of hydrogen-bond donors (Lipinski definition) is 1. The molecule has 2 atom stereocenters. The number of sulfonamides is 2. The van der Waals surface area contributed by atoms with Crippen molar-refractivity contribution in [3.8, 4) is 0 Å². The van der Waals surface area contributed by atoms with Crippen LogP contribution in [0.3, 0.4) is 0 Å². The van der Waals surface area contributed by atoms with Crippen molar-refractivity contribution in [2.45, 2.75) is 55.0 Å². The molecule has 9 nitrogen and oxygen atoms in total. The molecular formula is C25H33Cl2N2O7PS2. The topological polar surface area (TPSA) is 119 Å². The summed E-state index contributed by atoms with van der Waals surface area (Å²) >= 11 is 11.8. The molecule has 0 amide bonds. The molecule has 2 aromatic carbocycles. The van der Waals surface area contributed by atoms with Crippen molar-refractivity contribution in [3.63, 3.8) is 0 Å². The fourth-order valence-corrected chi connectivity index (χ4v) is 9.05. The first kappa shape index (κ1) is 32.2. The minimum atomic E-state index is -3.96. The molecule has 1 heterocycles. The molecule has 39 heavy (non-hydrogen) atoms. The molecule has 0 aromatic heterocycles. The van der Waals surface area contributed by atoms with Crippen LogP contribution < -0.4 is 4.72 Å². The summed E-state index contributed by atoms with van der Waals surface area (Å²) in [5.41, 5.74) is 0. The van der Waals surface area contributed by atoms with Crippen LogP contribution in [0, 0.1) is 0 Å². The molecule has 2 aromatic rings. The summed E-state index contributed by atoms with van der Waals surface area (Å²) in [6.07, 6.45) is 5.05. The largest absolute Gasteiger partial charge is 0.330 e. The van der Waals surface area contributed by atoms with Gasteiger partial charge >= 0.3 is 7.60 Å². The molecule has 216 valence electrons. The van der Waals surface area contributed by atoms with Gasteiger partial charge in [-0.1, -0.05) is 35.4 Å². The van der Waals surface area contributed by atoms with Gasteiger partial charge in [0.05, 0.1) is 29.2 Å². The molecule has 1 aliphatic rings. The number of halogens is 2. The Morgan fingerprint density at radius 2 is 1.49 bits per heavy atom. The number of benzene rings is 2. The molecule has 0 bridgehead atoms. The maximum Gasteiger partial charge on any atom is 0.330 e. The van der Waals surface area contributed by atoms with E-state index in [9.17, 15) is 21.4 Å². The Balaban J connectivity index is 1.77. The summed E-state index contributed by atoms with van der Waals surface area (Å²) in [6.45, 7) is 3.99. The van der Waals surface area contributed by atoms with Gasteiger partial charge in [0.1, 0.15) is 0 Å². The van der Waals surface area contributed by atoms with Crippen LogP contribution in [0.15, 0.2) is 70.5 Å². The highest BCUT2D eigenvalue weighted by atomic mass is 35.5. The van der Waals surface area contributed by atoms with E-state index >= 15 is 0 Å². The van der Waals surface area contributed by atoms with E-state index in [4.69, 9.17) is 32.2 Å². The third-order valence-electron chi connectivity index (χ3n) is 5.97. The molecule has 3 rings (SSSR count). The summed E-state index contributed by atoms with van der Waals surface area (Å²) < 4.78 is 80.2. The van der Waals surface area contributed by atoms with Gasteiger partial charge < -0.3 is 9.05 Å². The standard InChI is InChI=1S/C25H33Cl2N2O7PS2/c1-3-35-37(30,36-4-2)17-7-5-6-8-23-18-22(28-38(31,32)24-13-9-20(26)10-14-24)19-29(23)39(33,34)25-15-11-21(27)12-16-25/h6,8-16,22-23,28H,3-5,7,17-19H2,1-2H3/b8-6-/t22-,23-/m1/s1. The van der Waals surface area contributed by atoms with Crippen LogP contribution in [-0.4, -0.2) is 59.1 Å². The van der Waals surface area contributed by atoms with Gasteiger partial charge in [0.15, 0.2) is 0 Å². The molecule has 0 saturated carbocycles. The molecule has 14 heteroatoms. The maximum absolute atomic E-state index is 13.5. The molecule has 1 aliphatic heterocycles. The van der Waals surface area contributed by atoms with E-state index < -0.39 is 39.7 Å². The lowest BCUT2D eigenvalue weighted by atomic mass is 10.1. The predicted octanol–water partition coefficient (Wildman–Crippen LogP) is 5.71. The van der Waals surface area contributed by atoms with Crippen LogP contribution >= 0.6 is 30.8 Å². The summed E-state index contributed by atoms with van der Waals surface area (Å²) in [5, 5.41) is 0.802. The van der Waals surface area contributed by atoms with E-state index in [0.29, 0.717) is 22.9 Å². The highest BCUT2D eigenvalue weighted by Gasteiger charge is 2.40. The Morgan fingerprint density at radius 3 is 2.03 bits per heavy atom. The van der Waals surface area contributed by atoms with Gasteiger partial charge in [-0.3, -0.25) is 4.57 Å². The fourth-order valence-electron chi connectivity index (χ4n) is 4.23. The molecule has 1 N–H and O–H groups in total. The lowest BCUT2D eigenvalue weighted by Gasteiger charge is -2.22. The number of hydrogen-bond acceptors (Lipinski definition) is 7. The van der Waals surface area contributed by atoms with Crippen LogP contribution in [-0.2, 0) is 33.7 Å². The second-order valence-corrected chi connectivity index (χ2v) is 15.5. The molecule has 0 aliphatic carbocycles. The van der Waals surface area contributed by atoms with Crippen LogP contribution in [0.1, 0.15) is 33.1 Å². The Hall–Kier alpha value is -1.27. The van der Waals surface area contributed by atoms with Gasteiger partial charge in [-0.2, -0.15) is 4.31 Å². The van der Waals surface area contributed by atoms with Crippen molar-refractivity contribution in [2.75, 3.05) is 25.9 Å². The second kappa shape index (κ2) is 14.1. The van der Waals surface area contributed by atoms with Gasteiger partial charge in [-0.15, -0.1) is 0 Å².